The molecule has 2 aromatic rings. The number of carbonyl (C=O) groups is 1. The van der Waals surface area contributed by atoms with Crippen molar-refractivity contribution in [3.8, 4) is 0 Å². The van der Waals surface area contributed by atoms with Crippen molar-refractivity contribution in [1.29, 1.82) is 0 Å². The van der Waals surface area contributed by atoms with E-state index in [4.69, 9.17) is 11.6 Å². The van der Waals surface area contributed by atoms with Gasteiger partial charge in [-0.15, -0.1) is 0 Å². The molecular weight excluding hydrogens is 339 g/mol. The molecule has 7 nitrogen and oxygen atoms in total. The van der Waals surface area contributed by atoms with E-state index >= 15 is 0 Å². The molecule has 1 aromatic carbocycles. The minimum Gasteiger partial charge on any atom is -0.390 e. The summed E-state index contributed by atoms with van der Waals surface area (Å²) in [6, 6.07) is 6.55. The van der Waals surface area contributed by atoms with Crippen LogP contribution in [0.3, 0.4) is 0 Å². The Morgan fingerprint density at radius 3 is 2.74 bits per heavy atom. The molecule has 0 aliphatic carbocycles. The van der Waals surface area contributed by atoms with Gasteiger partial charge in [0.1, 0.15) is 6.54 Å². The third-order valence-electron chi connectivity index (χ3n) is 2.25. The first-order chi connectivity index (χ1) is 8.99. The fourth-order valence-corrected chi connectivity index (χ4v) is 2.00. The molecule has 0 aliphatic rings. The highest BCUT2D eigenvalue weighted by Crippen LogP contribution is 2.18. The topological polar surface area (TPSA) is 90.9 Å². The lowest BCUT2D eigenvalue weighted by Crippen LogP contribution is -2.12. The molecule has 0 bridgehead atoms. The van der Waals surface area contributed by atoms with Gasteiger partial charge < -0.3 is 10.1 Å². The van der Waals surface area contributed by atoms with Crippen LogP contribution in [0.2, 0.25) is 5.02 Å². The molecule has 0 spiro atoms. The number of Topliss-reactive ketones (excluding diaryl/α,β-unsaturated/α-hetero) is 1. The van der Waals surface area contributed by atoms with Crippen LogP contribution >= 0.6 is 27.5 Å². The first-order valence-electron chi connectivity index (χ1n) is 5.01. The number of hydrogen-bond donors (Lipinski definition) is 0. The summed E-state index contributed by atoms with van der Waals surface area (Å²) >= 11 is 8.90. The molecule has 0 unspecified atom stereocenters. The first-order valence-corrected chi connectivity index (χ1v) is 6.18. The summed E-state index contributed by atoms with van der Waals surface area (Å²) in [6.07, 6.45) is 0. The molecule has 2 rings (SSSR count). The summed E-state index contributed by atoms with van der Waals surface area (Å²) in [7, 11) is 0. The molecule has 0 fully saturated rings. The molecule has 0 amide bonds. The van der Waals surface area contributed by atoms with Gasteiger partial charge >= 0.3 is 5.95 Å². The summed E-state index contributed by atoms with van der Waals surface area (Å²) < 4.78 is 1.21. The number of rotatable bonds is 4. The van der Waals surface area contributed by atoms with Gasteiger partial charge in [0.25, 0.3) is 4.73 Å². The second kappa shape index (κ2) is 5.45. The Hall–Kier alpha value is -1.80. The van der Waals surface area contributed by atoms with Crippen LogP contribution < -0.4 is 0 Å². The molecule has 0 atom stereocenters. The van der Waals surface area contributed by atoms with E-state index in [1.165, 1.54) is 0 Å². The predicted octanol–water partition coefficient (Wildman–Crippen LogP) is 2.49. The summed E-state index contributed by atoms with van der Waals surface area (Å²) in [4.78, 5) is 25.3. The van der Waals surface area contributed by atoms with Crippen LogP contribution in [0.1, 0.15) is 10.4 Å². The SMILES string of the molecule is O=C(Cn1nc([N+](=O)[O-])nc1Br)c1ccccc1Cl. The zero-order chi connectivity index (χ0) is 14.0. The van der Waals surface area contributed by atoms with E-state index in [-0.39, 0.29) is 17.1 Å². The number of aromatic nitrogens is 3. The van der Waals surface area contributed by atoms with E-state index < -0.39 is 10.9 Å². The van der Waals surface area contributed by atoms with Gasteiger partial charge in [0.05, 0.1) is 5.02 Å². The lowest BCUT2D eigenvalue weighted by Gasteiger charge is -2.01. The quantitative estimate of drug-likeness (QED) is 0.482. The van der Waals surface area contributed by atoms with Gasteiger partial charge in [-0.25, -0.2) is 0 Å². The van der Waals surface area contributed by atoms with E-state index in [9.17, 15) is 14.9 Å². The van der Waals surface area contributed by atoms with Gasteiger partial charge in [-0.3, -0.25) is 4.79 Å². The van der Waals surface area contributed by atoms with Gasteiger partial charge in [0, 0.05) is 26.6 Å². The number of halogens is 2. The lowest BCUT2D eigenvalue weighted by molar-refractivity contribution is -0.394. The summed E-state index contributed by atoms with van der Waals surface area (Å²) in [5, 5.41) is 14.4. The maximum absolute atomic E-state index is 12.0. The van der Waals surface area contributed by atoms with Crippen LogP contribution in [0.25, 0.3) is 0 Å². The monoisotopic (exact) mass is 344 g/mol. The van der Waals surface area contributed by atoms with E-state index in [1.54, 1.807) is 24.3 Å². The van der Waals surface area contributed by atoms with Crippen LogP contribution in [-0.4, -0.2) is 25.5 Å². The Balaban J connectivity index is 2.24. The highest BCUT2D eigenvalue weighted by molar-refractivity contribution is 9.10. The van der Waals surface area contributed by atoms with E-state index in [1.807, 2.05) is 0 Å². The minimum atomic E-state index is -0.735. The van der Waals surface area contributed by atoms with Crippen LogP contribution in [0.5, 0.6) is 0 Å². The van der Waals surface area contributed by atoms with Crippen molar-refractivity contribution in [2.24, 2.45) is 0 Å². The largest absolute Gasteiger partial charge is 0.492 e. The van der Waals surface area contributed by atoms with Crippen molar-refractivity contribution in [1.82, 2.24) is 14.8 Å². The second-order valence-electron chi connectivity index (χ2n) is 3.50. The lowest BCUT2D eigenvalue weighted by atomic mass is 10.1. The van der Waals surface area contributed by atoms with Crippen LogP contribution in [0, 0.1) is 10.1 Å². The van der Waals surface area contributed by atoms with Crippen molar-refractivity contribution in [2.45, 2.75) is 6.54 Å². The third kappa shape index (κ3) is 2.96. The zero-order valence-corrected chi connectivity index (χ0v) is 11.6. The van der Waals surface area contributed by atoms with Crippen molar-refractivity contribution >= 4 is 39.3 Å². The van der Waals surface area contributed by atoms with Crippen LogP contribution in [0.4, 0.5) is 5.95 Å². The van der Waals surface area contributed by atoms with Crippen LogP contribution in [0.15, 0.2) is 29.0 Å². The number of carbonyl (C=O) groups excluding carboxylic acids is 1. The number of nitro groups is 1. The van der Waals surface area contributed by atoms with Gasteiger partial charge in [-0.05, 0) is 22.0 Å². The smallest absolute Gasteiger partial charge is 0.390 e. The predicted molar refractivity (Wildman–Crippen MR) is 70.2 cm³/mol. The third-order valence-corrected chi connectivity index (χ3v) is 3.16. The molecule has 0 saturated heterocycles. The Labute approximate surface area is 120 Å². The first kappa shape index (κ1) is 13.6. The Bertz CT molecular complexity index is 658. The van der Waals surface area contributed by atoms with Crippen molar-refractivity contribution in [3.05, 3.63) is 49.7 Å². The minimum absolute atomic E-state index is 0.111. The molecule has 1 heterocycles. The van der Waals surface area contributed by atoms with E-state index in [0.29, 0.717) is 10.6 Å². The van der Waals surface area contributed by atoms with E-state index in [2.05, 4.69) is 26.0 Å². The number of ketones is 1. The second-order valence-corrected chi connectivity index (χ2v) is 4.62. The number of nitrogens with zero attached hydrogens (tertiary/aromatic N) is 4. The molecule has 19 heavy (non-hydrogen) atoms. The summed E-state index contributed by atoms with van der Waals surface area (Å²) in [5.41, 5.74) is 0.328. The van der Waals surface area contributed by atoms with Gasteiger partial charge in [0.15, 0.2) is 5.78 Å². The summed E-state index contributed by atoms with van der Waals surface area (Å²) in [6.45, 7) is -0.189. The molecule has 98 valence electrons. The molecule has 0 saturated carbocycles. The summed E-state index contributed by atoms with van der Waals surface area (Å²) in [5.74, 6) is -0.884. The zero-order valence-electron chi connectivity index (χ0n) is 9.29. The Kier molecular flexibility index (Phi) is 3.91. The molecule has 0 N–H and O–H groups in total. The maximum atomic E-state index is 12.0. The average Bonchev–Trinajstić information content (AvgIpc) is 2.71. The standard InChI is InChI=1S/C10H6BrClN4O3/c11-9-13-10(16(18)19)14-15(9)5-8(17)6-3-1-2-4-7(6)12/h1-4H,5H2. The molecule has 1 aromatic heterocycles. The van der Waals surface area contributed by atoms with Crippen molar-refractivity contribution < 1.29 is 9.72 Å². The fraction of sp³-hybridized carbons (Fsp3) is 0.100. The number of benzene rings is 1. The molecule has 0 radical (unpaired) electrons. The highest BCUT2D eigenvalue weighted by atomic mass is 79.9. The van der Waals surface area contributed by atoms with Crippen LogP contribution in [-0.2, 0) is 6.54 Å². The molecule has 9 heteroatoms. The normalized spacial score (nSPS) is 10.4. The van der Waals surface area contributed by atoms with Gasteiger partial charge in [-0.2, -0.15) is 4.68 Å². The van der Waals surface area contributed by atoms with Crippen molar-refractivity contribution in [2.75, 3.05) is 0 Å². The molecule has 0 aliphatic heterocycles. The van der Waals surface area contributed by atoms with Crippen molar-refractivity contribution in [3.63, 3.8) is 0 Å². The highest BCUT2D eigenvalue weighted by Gasteiger charge is 2.22. The maximum Gasteiger partial charge on any atom is 0.492 e. The Morgan fingerprint density at radius 1 is 1.47 bits per heavy atom. The van der Waals surface area contributed by atoms with Gasteiger partial charge in [-0.1, -0.05) is 23.7 Å². The number of hydrogen-bond acceptors (Lipinski definition) is 5. The fourth-order valence-electron chi connectivity index (χ4n) is 1.40. The average molecular weight is 346 g/mol. The van der Waals surface area contributed by atoms with E-state index in [0.717, 1.165) is 4.68 Å². The van der Waals surface area contributed by atoms with Gasteiger partial charge in [0.2, 0.25) is 0 Å². The molecular formula is C10H6BrClN4O3. The Morgan fingerprint density at radius 2 is 2.16 bits per heavy atom.